The van der Waals surface area contributed by atoms with E-state index in [4.69, 9.17) is 5.11 Å². The molecule has 2 N–H and O–H groups in total. The number of nitrogens with zero attached hydrogens (tertiary/aromatic N) is 2. The molecule has 0 radical (unpaired) electrons. The molecule has 2 fully saturated rings. The van der Waals surface area contributed by atoms with E-state index < -0.39 is 6.09 Å². The third kappa shape index (κ3) is 2.16. The number of carboxylic acid groups (broad SMARTS) is 1. The van der Waals surface area contributed by atoms with Crippen LogP contribution in [0.5, 0.6) is 0 Å². The Morgan fingerprint density at radius 2 is 2.05 bits per heavy atom. The summed E-state index contributed by atoms with van der Waals surface area (Å²) in [5.74, 6) is 0.991. The van der Waals surface area contributed by atoms with Crippen molar-refractivity contribution >= 4 is 17.0 Å². The standard InChI is InChI=1S/C17H20N2O3/c20-10-14-6-12-2-1-3-15(13-8-18(9-13)17(21)22)16(12)19(14)7-11-4-5-11/h1-3,6,11,13,20H,4-5,7-10H2,(H,21,22). The zero-order chi connectivity index (χ0) is 15.3. The van der Waals surface area contributed by atoms with Crippen LogP contribution in [0.1, 0.15) is 30.0 Å². The highest BCUT2D eigenvalue weighted by Gasteiger charge is 2.33. The van der Waals surface area contributed by atoms with Crippen molar-refractivity contribution < 1.29 is 15.0 Å². The van der Waals surface area contributed by atoms with Gasteiger partial charge in [0.05, 0.1) is 12.1 Å². The Labute approximate surface area is 128 Å². The topological polar surface area (TPSA) is 65.7 Å². The van der Waals surface area contributed by atoms with Crippen LogP contribution in [0.25, 0.3) is 10.9 Å². The molecule has 1 aliphatic heterocycles. The molecular weight excluding hydrogens is 280 g/mol. The normalized spacial score (nSPS) is 18.7. The van der Waals surface area contributed by atoms with Crippen molar-refractivity contribution in [2.75, 3.05) is 13.1 Å². The molecule has 0 unspecified atom stereocenters. The fraction of sp³-hybridized carbons (Fsp3) is 0.471. The largest absolute Gasteiger partial charge is 0.465 e. The van der Waals surface area contributed by atoms with Crippen molar-refractivity contribution in [3.63, 3.8) is 0 Å². The number of fused-ring (bicyclic) bond motifs is 1. The minimum Gasteiger partial charge on any atom is -0.465 e. The van der Waals surface area contributed by atoms with Gasteiger partial charge in [-0.25, -0.2) is 4.79 Å². The molecule has 0 atom stereocenters. The van der Waals surface area contributed by atoms with Gasteiger partial charge in [-0.3, -0.25) is 0 Å². The van der Waals surface area contributed by atoms with Crippen molar-refractivity contribution in [3.05, 3.63) is 35.5 Å². The first kappa shape index (κ1) is 13.6. The lowest BCUT2D eigenvalue weighted by atomic mass is 9.90. The predicted octanol–water partition coefficient (Wildman–Crippen LogP) is 2.62. The summed E-state index contributed by atoms with van der Waals surface area (Å²) in [6.45, 7) is 2.15. The van der Waals surface area contributed by atoms with E-state index in [-0.39, 0.29) is 12.5 Å². The van der Waals surface area contributed by atoms with Gasteiger partial charge in [0, 0.05) is 36.6 Å². The van der Waals surface area contributed by atoms with Gasteiger partial charge in [0.25, 0.3) is 0 Å². The Morgan fingerprint density at radius 3 is 2.68 bits per heavy atom. The Kier molecular flexibility index (Phi) is 3.11. The van der Waals surface area contributed by atoms with Crippen molar-refractivity contribution in [1.29, 1.82) is 0 Å². The summed E-state index contributed by atoms with van der Waals surface area (Å²) < 4.78 is 2.26. The number of aliphatic hydroxyl groups is 1. The molecule has 2 aliphatic rings. The van der Waals surface area contributed by atoms with E-state index in [2.05, 4.69) is 22.8 Å². The van der Waals surface area contributed by atoms with E-state index in [9.17, 15) is 9.90 Å². The smallest absolute Gasteiger partial charge is 0.407 e. The van der Waals surface area contributed by atoms with Crippen LogP contribution in [0.15, 0.2) is 24.3 Å². The van der Waals surface area contributed by atoms with E-state index in [0.717, 1.165) is 23.5 Å². The van der Waals surface area contributed by atoms with Crippen LogP contribution >= 0.6 is 0 Å². The van der Waals surface area contributed by atoms with Crippen molar-refractivity contribution in [3.8, 4) is 0 Å². The summed E-state index contributed by atoms with van der Waals surface area (Å²) in [4.78, 5) is 12.4. The molecule has 1 saturated carbocycles. The number of rotatable bonds is 4. The summed E-state index contributed by atoms with van der Waals surface area (Å²) in [5.41, 5.74) is 3.37. The lowest BCUT2D eigenvalue weighted by Crippen LogP contribution is -2.47. The fourth-order valence-corrected chi connectivity index (χ4v) is 3.47. The third-order valence-electron chi connectivity index (χ3n) is 4.93. The first-order chi connectivity index (χ1) is 10.7. The molecule has 1 amide bonds. The summed E-state index contributed by atoms with van der Waals surface area (Å²) in [6, 6.07) is 8.28. The van der Waals surface area contributed by atoms with E-state index in [1.807, 2.05) is 6.07 Å². The number of hydrogen-bond acceptors (Lipinski definition) is 2. The van der Waals surface area contributed by atoms with Gasteiger partial charge in [-0.15, -0.1) is 0 Å². The maximum absolute atomic E-state index is 11.0. The highest BCUT2D eigenvalue weighted by atomic mass is 16.4. The number of hydrogen-bond donors (Lipinski definition) is 2. The zero-order valence-corrected chi connectivity index (χ0v) is 12.4. The minimum absolute atomic E-state index is 0.0484. The second-order valence-electron chi connectivity index (χ2n) is 6.52. The molecule has 4 rings (SSSR count). The lowest BCUT2D eigenvalue weighted by molar-refractivity contribution is 0.105. The average molecular weight is 300 g/mol. The van der Waals surface area contributed by atoms with Gasteiger partial charge >= 0.3 is 6.09 Å². The molecule has 0 spiro atoms. The van der Waals surface area contributed by atoms with Crippen LogP contribution in [0.3, 0.4) is 0 Å². The first-order valence-corrected chi connectivity index (χ1v) is 7.87. The first-order valence-electron chi connectivity index (χ1n) is 7.87. The molecule has 5 heteroatoms. The van der Waals surface area contributed by atoms with Crippen LogP contribution in [0.2, 0.25) is 0 Å². The van der Waals surface area contributed by atoms with Crippen molar-refractivity contribution in [1.82, 2.24) is 9.47 Å². The second-order valence-corrected chi connectivity index (χ2v) is 6.52. The zero-order valence-electron chi connectivity index (χ0n) is 12.4. The summed E-state index contributed by atoms with van der Waals surface area (Å²) in [5, 5.41) is 19.8. The number of amides is 1. The van der Waals surface area contributed by atoms with Gasteiger partial charge < -0.3 is 19.7 Å². The predicted molar refractivity (Wildman–Crippen MR) is 82.9 cm³/mol. The number of aliphatic hydroxyl groups excluding tert-OH is 1. The van der Waals surface area contributed by atoms with Gasteiger partial charge in [0.15, 0.2) is 0 Å². The van der Waals surface area contributed by atoms with Crippen LogP contribution in [-0.4, -0.2) is 38.9 Å². The van der Waals surface area contributed by atoms with Crippen LogP contribution in [0.4, 0.5) is 4.79 Å². The molecule has 116 valence electrons. The van der Waals surface area contributed by atoms with E-state index in [1.165, 1.54) is 28.8 Å². The molecule has 1 aliphatic carbocycles. The number of para-hydroxylation sites is 1. The van der Waals surface area contributed by atoms with Crippen LogP contribution < -0.4 is 0 Å². The number of aromatic nitrogens is 1. The Hall–Kier alpha value is -2.01. The number of carbonyl (C=O) groups is 1. The molecule has 0 bridgehead atoms. The average Bonchev–Trinajstić information content (AvgIpc) is 3.18. The minimum atomic E-state index is -0.840. The van der Waals surface area contributed by atoms with Crippen molar-refractivity contribution in [2.45, 2.75) is 31.9 Å². The maximum Gasteiger partial charge on any atom is 0.407 e. The molecule has 1 aromatic carbocycles. The number of likely N-dealkylation sites (tertiary alicyclic amines) is 1. The molecule has 2 heterocycles. The Balaban J connectivity index is 1.74. The quantitative estimate of drug-likeness (QED) is 0.912. The Bertz CT molecular complexity index is 727. The monoisotopic (exact) mass is 300 g/mol. The van der Waals surface area contributed by atoms with Crippen molar-refractivity contribution in [2.24, 2.45) is 5.92 Å². The molecule has 2 aromatic rings. The van der Waals surface area contributed by atoms with Crippen LogP contribution in [-0.2, 0) is 13.2 Å². The summed E-state index contributed by atoms with van der Waals surface area (Å²) in [7, 11) is 0. The van der Waals surface area contributed by atoms with Gasteiger partial charge in [0.2, 0.25) is 0 Å². The van der Waals surface area contributed by atoms with E-state index in [0.29, 0.717) is 13.1 Å². The Morgan fingerprint density at radius 1 is 1.27 bits per heavy atom. The third-order valence-corrected chi connectivity index (χ3v) is 4.93. The van der Waals surface area contributed by atoms with Gasteiger partial charge in [-0.2, -0.15) is 0 Å². The van der Waals surface area contributed by atoms with Gasteiger partial charge in [-0.1, -0.05) is 18.2 Å². The highest BCUT2D eigenvalue weighted by molar-refractivity contribution is 5.85. The van der Waals surface area contributed by atoms with Gasteiger partial charge in [-0.05, 0) is 30.4 Å². The second kappa shape index (κ2) is 5.02. The van der Waals surface area contributed by atoms with E-state index in [1.54, 1.807) is 0 Å². The van der Waals surface area contributed by atoms with E-state index >= 15 is 0 Å². The lowest BCUT2D eigenvalue weighted by Gasteiger charge is -2.37. The van der Waals surface area contributed by atoms with Gasteiger partial charge in [0.1, 0.15) is 0 Å². The molecule has 1 saturated heterocycles. The molecule has 1 aromatic heterocycles. The summed E-state index contributed by atoms with van der Waals surface area (Å²) in [6.07, 6.45) is 1.69. The highest BCUT2D eigenvalue weighted by Crippen LogP contribution is 2.37. The molecular formula is C17H20N2O3. The van der Waals surface area contributed by atoms with Crippen LogP contribution in [0, 0.1) is 5.92 Å². The fourth-order valence-electron chi connectivity index (χ4n) is 3.47. The molecule has 5 nitrogen and oxygen atoms in total. The summed E-state index contributed by atoms with van der Waals surface area (Å²) >= 11 is 0. The maximum atomic E-state index is 11.0. The SMILES string of the molecule is O=C(O)N1CC(c2cccc3cc(CO)n(CC4CC4)c23)C1. The number of benzene rings is 1. The molecule has 22 heavy (non-hydrogen) atoms.